The van der Waals surface area contributed by atoms with Crippen LogP contribution in [0.15, 0.2) is 29.4 Å². The Labute approximate surface area is 89.9 Å². The van der Waals surface area contributed by atoms with Crippen LogP contribution in [0.1, 0.15) is 31.7 Å². The van der Waals surface area contributed by atoms with E-state index in [2.05, 4.69) is 22.6 Å². The van der Waals surface area contributed by atoms with Gasteiger partial charge in [-0.2, -0.15) is 4.91 Å². The highest BCUT2D eigenvalue weighted by molar-refractivity contribution is 5.57. The van der Waals surface area contributed by atoms with Crippen molar-refractivity contribution in [2.45, 2.75) is 31.7 Å². The van der Waals surface area contributed by atoms with Gasteiger partial charge in [-0.25, -0.2) is 0 Å². The van der Waals surface area contributed by atoms with Crippen molar-refractivity contribution >= 4 is 5.69 Å². The Kier molecular flexibility index (Phi) is 2.47. The minimum Gasteiger partial charge on any atom is -0.384 e. The van der Waals surface area contributed by atoms with E-state index in [9.17, 15) is 4.91 Å². The average Bonchev–Trinajstić information content (AvgIpc) is 2.62. The van der Waals surface area contributed by atoms with Gasteiger partial charge in [0.2, 0.25) is 0 Å². The van der Waals surface area contributed by atoms with Crippen molar-refractivity contribution in [1.29, 1.82) is 0 Å². The third-order valence-electron chi connectivity index (χ3n) is 2.93. The van der Waals surface area contributed by atoms with Crippen molar-refractivity contribution < 1.29 is 0 Å². The first kappa shape index (κ1) is 10.1. The van der Waals surface area contributed by atoms with Crippen LogP contribution in [0.5, 0.6) is 0 Å². The summed E-state index contributed by atoms with van der Waals surface area (Å²) in [5, 5.41) is 6.53. The predicted octanol–water partition coefficient (Wildman–Crippen LogP) is 3.13. The Bertz CT molecular complexity index is 374. The molecule has 3 heteroatoms. The van der Waals surface area contributed by atoms with Gasteiger partial charge in [-0.1, -0.05) is 23.4 Å². The molecule has 0 aromatic heterocycles. The number of anilines is 1. The molecule has 1 unspecified atom stereocenters. The number of hydrogen-bond acceptors (Lipinski definition) is 3. The first-order valence-corrected chi connectivity index (χ1v) is 5.30. The van der Waals surface area contributed by atoms with Gasteiger partial charge < -0.3 is 5.32 Å². The fourth-order valence-electron chi connectivity index (χ4n) is 2.18. The normalized spacial score (nSPS) is 19.5. The molecule has 0 amide bonds. The van der Waals surface area contributed by atoms with E-state index >= 15 is 0 Å². The maximum absolute atomic E-state index is 10.7. The molecule has 0 radical (unpaired) electrons. The minimum absolute atomic E-state index is 0.411. The van der Waals surface area contributed by atoms with E-state index < -0.39 is 5.54 Å². The number of hydrogen-bond donors (Lipinski definition) is 1. The number of rotatable bonds is 3. The molecule has 15 heavy (non-hydrogen) atoms. The van der Waals surface area contributed by atoms with Crippen molar-refractivity contribution in [2.75, 3.05) is 11.9 Å². The molecular weight excluding hydrogens is 188 g/mol. The van der Waals surface area contributed by atoms with Crippen LogP contribution in [0.4, 0.5) is 5.69 Å². The van der Waals surface area contributed by atoms with E-state index in [0.29, 0.717) is 5.92 Å². The number of para-hydroxylation sites is 1. The van der Waals surface area contributed by atoms with Crippen molar-refractivity contribution in [3.8, 4) is 0 Å². The van der Waals surface area contributed by atoms with E-state index in [1.807, 2.05) is 26.0 Å². The van der Waals surface area contributed by atoms with Crippen molar-refractivity contribution in [2.24, 2.45) is 5.18 Å². The maximum Gasteiger partial charge on any atom is 0.0977 e. The van der Waals surface area contributed by atoms with Crippen LogP contribution in [-0.2, 0) is 0 Å². The molecule has 1 N–H and O–H groups in total. The van der Waals surface area contributed by atoms with Crippen molar-refractivity contribution in [1.82, 2.24) is 0 Å². The molecule has 1 heterocycles. The van der Waals surface area contributed by atoms with Gasteiger partial charge in [-0.15, -0.1) is 0 Å². The Morgan fingerprint density at radius 3 is 2.93 bits per heavy atom. The fraction of sp³-hybridized carbons (Fsp3) is 0.500. The lowest BCUT2D eigenvalue weighted by atomic mass is 9.88. The van der Waals surface area contributed by atoms with Gasteiger partial charge in [-0.05, 0) is 31.9 Å². The van der Waals surface area contributed by atoms with Gasteiger partial charge in [-0.3, -0.25) is 0 Å². The molecule has 0 bridgehead atoms. The monoisotopic (exact) mass is 204 g/mol. The minimum atomic E-state index is -0.468. The number of nitroso groups, excluding NO2 is 1. The van der Waals surface area contributed by atoms with Crippen LogP contribution < -0.4 is 5.32 Å². The lowest BCUT2D eigenvalue weighted by Gasteiger charge is -2.19. The largest absolute Gasteiger partial charge is 0.384 e. The van der Waals surface area contributed by atoms with Crippen molar-refractivity contribution in [3.63, 3.8) is 0 Å². The first-order valence-electron chi connectivity index (χ1n) is 5.30. The second-order valence-corrected chi connectivity index (χ2v) is 4.77. The Morgan fingerprint density at radius 2 is 2.20 bits per heavy atom. The lowest BCUT2D eigenvalue weighted by Crippen LogP contribution is -2.20. The highest BCUT2D eigenvalue weighted by Crippen LogP contribution is 2.36. The van der Waals surface area contributed by atoms with E-state index in [-0.39, 0.29) is 0 Å². The molecule has 0 spiro atoms. The molecule has 0 fully saturated rings. The summed E-state index contributed by atoms with van der Waals surface area (Å²) in [5.41, 5.74) is 2.04. The predicted molar refractivity (Wildman–Crippen MR) is 62.2 cm³/mol. The van der Waals surface area contributed by atoms with Crippen LogP contribution >= 0.6 is 0 Å². The Morgan fingerprint density at radius 1 is 1.47 bits per heavy atom. The smallest absolute Gasteiger partial charge is 0.0977 e. The number of nitrogens with zero attached hydrogens (tertiary/aromatic N) is 1. The van der Waals surface area contributed by atoms with Gasteiger partial charge in [0.1, 0.15) is 0 Å². The molecule has 1 aromatic carbocycles. The summed E-state index contributed by atoms with van der Waals surface area (Å²) >= 11 is 0. The Hall–Kier alpha value is -1.38. The zero-order valence-corrected chi connectivity index (χ0v) is 9.16. The molecule has 0 saturated carbocycles. The quantitative estimate of drug-likeness (QED) is 0.768. The molecule has 1 aliphatic rings. The number of nitrogens with one attached hydrogen (secondary N) is 1. The molecule has 1 aliphatic heterocycles. The second-order valence-electron chi connectivity index (χ2n) is 4.77. The third kappa shape index (κ3) is 2.01. The molecular formula is C12H16N2O. The highest BCUT2D eigenvalue weighted by Gasteiger charge is 2.29. The van der Waals surface area contributed by atoms with Gasteiger partial charge in [0.15, 0.2) is 0 Å². The molecule has 3 nitrogen and oxygen atoms in total. The van der Waals surface area contributed by atoms with Gasteiger partial charge in [0.25, 0.3) is 0 Å². The van der Waals surface area contributed by atoms with Crippen LogP contribution in [0.2, 0.25) is 0 Å². The summed E-state index contributed by atoms with van der Waals surface area (Å²) in [6.45, 7) is 4.69. The number of fused-ring (bicyclic) bond motifs is 1. The van der Waals surface area contributed by atoms with Crippen molar-refractivity contribution in [3.05, 3.63) is 34.7 Å². The molecule has 1 aromatic rings. The highest BCUT2D eigenvalue weighted by atomic mass is 16.3. The molecule has 80 valence electrons. The van der Waals surface area contributed by atoms with E-state index in [0.717, 1.165) is 13.0 Å². The lowest BCUT2D eigenvalue weighted by molar-refractivity contribution is 0.436. The van der Waals surface area contributed by atoms with E-state index in [1.165, 1.54) is 11.3 Å². The maximum atomic E-state index is 10.7. The summed E-state index contributed by atoms with van der Waals surface area (Å²) < 4.78 is 0. The molecule has 2 rings (SSSR count). The summed E-state index contributed by atoms with van der Waals surface area (Å²) in [6.07, 6.45) is 0.806. The van der Waals surface area contributed by atoms with E-state index in [4.69, 9.17) is 0 Å². The van der Waals surface area contributed by atoms with Gasteiger partial charge in [0.05, 0.1) is 5.54 Å². The van der Waals surface area contributed by atoms with Crippen LogP contribution in [0.25, 0.3) is 0 Å². The summed E-state index contributed by atoms with van der Waals surface area (Å²) in [6, 6.07) is 8.27. The summed E-state index contributed by atoms with van der Waals surface area (Å²) in [4.78, 5) is 10.7. The molecule has 0 saturated heterocycles. The van der Waals surface area contributed by atoms with Crippen LogP contribution in [0.3, 0.4) is 0 Å². The molecule has 1 atom stereocenters. The van der Waals surface area contributed by atoms with E-state index in [1.54, 1.807) is 0 Å². The second kappa shape index (κ2) is 3.65. The fourth-order valence-corrected chi connectivity index (χ4v) is 2.18. The van der Waals surface area contributed by atoms with Gasteiger partial charge >= 0.3 is 0 Å². The summed E-state index contributed by atoms with van der Waals surface area (Å²) in [5.74, 6) is 0.411. The standard InChI is InChI=1S/C12H16N2O/c1-12(2,14-15)7-9-8-13-11-6-4-3-5-10(9)11/h3-6,9,13H,7-8H2,1-2H3. The topological polar surface area (TPSA) is 41.5 Å². The Balaban J connectivity index is 2.18. The SMILES string of the molecule is CC(C)(CC1CNc2ccccc21)N=O. The zero-order valence-electron chi connectivity index (χ0n) is 9.16. The zero-order chi connectivity index (χ0) is 10.9. The molecule has 0 aliphatic carbocycles. The van der Waals surface area contributed by atoms with Crippen LogP contribution in [0, 0.1) is 4.91 Å². The first-order chi connectivity index (χ1) is 7.12. The third-order valence-corrected chi connectivity index (χ3v) is 2.93. The summed E-state index contributed by atoms with van der Waals surface area (Å²) in [7, 11) is 0. The van der Waals surface area contributed by atoms with Crippen LogP contribution in [-0.4, -0.2) is 12.1 Å². The van der Waals surface area contributed by atoms with Gasteiger partial charge in [0, 0.05) is 18.2 Å². The average molecular weight is 204 g/mol. The number of benzene rings is 1.